The van der Waals surface area contributed by atoms with Crippen LogP contribution in [0.15, 0.2) is 0 Å². The Morgan fingerprint density at radius 2 is 2.06 bits per heavy atom. The quantitative estimate of drug-likeness (QED) is 0.872. The molecule has 1 heterocycles. The van der Waals surface area contributed by atoms with Crippen LogP contribution in [-0.4, -0.2) is 16.2 Å². The average molecular weight is 253 g/mol. The van der Waals surface area contributed by atoms with Gasteiger partial charge in [0.2, 0.25) is 10.1 Å². The highest BCUT2D eigenvalue weighted by Gasteiger charge is 2.35. The van der Waals surface area contributed by atoms with Crippen molar-refractivity contribution in [3.05, 3.63) is 5.01 Å². The molecule has 0 saturated carbocycles. The fraction of sp³-hybridized carbons (Fsp3) is 0.778. The predicted molar refractivity (Wildman–Crippen MR) is 57.5 cm³/mol. The number of alkyl halides is 3. The molecule has 7 heteroatoms. The molecule has 0 fully saturated rings. The molecule has 0 aliphatic heterocycles. The zero-order chi connectivity index (χ0) is 12.2. The Morgan fingerprint density at radius 3 is 2.56 bits per heavy atom. The summed E-state index contributed by atoms with van der Waals surface area (Å²) in [6.07, 6.45) is -1.38. The van der Waals surface area contributed by atoms with E-state index >= 15 is 0 Å². The van der Waals surface area contributed by atoms with Crippen LogP contribution in [0.2, 0.25) is 0 Å². The summed E-state index contributed by atoms with van der Waals surface area (Å²) in [5.74, 6) is 0. The lowest BCUT2D eigenvalue weighted by molar-refractivity contribution is -0.138. The molecule has 0 saturated heterocycles. The first-order valence-electron chi connectivity index (χ1n) is 5.10. The Labute approximate surface area is 96.1 Å². The molecular formula is C9H14F3N3S. The maximum atomic E-state index is 12.2. The van der Waals surface area contributed by atoms with Crippen molar-refractivity contribution in [1.82, 2.24) is 10.2 Å². The lowest BCUT2D eigenvalue weighted by Gasteiger charge is -2.10. The van der Waals surface area contributed by atoms with Crippen LogP contribution in [-0.2, 0) is 6.18 Å². The van der Waals surface area contributed by atoms with Gasteiger partial charge in [0, 0.05) is 6.04 Å². The fourth-order valence-corrected chi connectivity index (χ4v) is 1.91. The Bertz CT molecular complexity index is 324. The van der Waals surface area contributed by atoms with Crippen molar-refractivity contribution >= 4 is 16.5 Å². The van der Waals surface area contributed by atoms with Gasteiger partial charge in [0.1, 0.15) is 0 Å². The summed E-state index contributed by atoms with van der Waals surface area (Å²) in [4.78, 5) is 0. The molecule has 92 valence electrons. The van der Waals surface area contributed by atoms with E-state index in [-0.39, 0.29) is 11.2 Å². The van der Waals surface area contributed by atoms with Crippen molar-refractivity contribution in [3.63, 3.8) is 0 Å². The molecule has 1 atom stereocenters. The molecule has 1 rings (SSSR count). The normalized spacial score (nSPS) is 13.8. The SMILES string of the molecule is CCCCC(C)Nc1nnc(C(F)(F)F)s1. The van der Waals surface area contributed by atoms with Crippen LogP contribution in [0.5, 0.6) is 0 Å². The Morgan fingerprint density at radius 1 is 1.38 bits per heavy atom. The van der Waals surface area contributed by atoms with Gasteiger partial charge in [-0.25, -0.2) is 0 Å². The molecular weight excluding hydrogens is 239 g/mol. The van der Waals surface area contributed by atoms with E-state index in [1.54, 1.807) is 0 Å². The fourth-order valence-electron chi connectivity index (χ4n) is 1.19. The van der Waals surface area contributed by atoms with Crippen molar-refractivity contribution in [2.24, 2.45) is 0 Å². The first-order chi connectivity index (χ1) is 7.43. The number of halogens is 3. The molecule has 0 aromatic carbocycles. The van der Waals surface area contributed by atoms with Crippen LogP contribution in [0, 0.1) is 0 Å². The van der Waals surface area contributed by atoms with Crippen LogP contribution in [0.1, 0.15) is 38.1 Å². The van der Waals surface area contributed by atoms with E-state index in [9.17, 15) is 13.2 Å². The lowest BCUT2D eigenvalue weighted by Crippen LogP contribution is -2.14. The summed E-state index contributed by atoms with van der Waals surface area (Å²) in [5, 5.41) is 8.81. The highest BCUT2D eigenvalue weighted by atomic mass is 32.1. The number of aromatic nitrogens is 2. The average Bonchev–Trinajstić information content (AvgIpc) is 2.62. The number of hydrogen-bond donors (Lipinski definition) is 1. The molecule has 1 aromatic heterocycles. The predicted octanol–water partition coefficient (Wildman–Crippen LogP) is 3.55. The molecule has 16 heavy (non-hydrogen) atoms. The lowest BCUT2D eigenvalue weighted by atomic mass is 10.1. The molecule has 0 bridgehead atoms. The van der Waals surface area contributed by atoms with Gasteiger partial charge in [0.05, 0.1) is 0 Å². The van der Waals surface area contributed by atoms with Gasteiger partial charge in [-0.15, -0.1) is 10.2 Å². The summed E-state index contributed by atoms with van der Waals surface area (Å²) < 4.78 is 36.7. The zero-order valence-electron chi connectivity index (χ0n) is 9.14. The second-order valence-corrected chi connectivity index (χ2v) is 4.58. The smallest absolute Gasteiger partial charge is 0.358 e. The molecule has 0 radical (unpaired) electrons. The number of anilines is 1. The van der Waals surface area contributed by atoms with Crippen molar-refractivity contribution in [2.75, 3.05) is 5.32 Å². The minimum Gasteiger partial charge on any atom is -0.358 e. The molecule has 3 nitrogen and oxygen atoms in total. The molecule has 0 amide bonds. The van der Waals surface area contributed by atoms with Gasteiger partial charge >= 0.3 is 6.18 Å². The van der Waals surface area contributed by atoms with Crippen molar-refractivity contribution in [3.8, 4) is 0 Å². The summed E-state index contributed by atoms with van der Waals surface area (Å²) >= 11 is 0.543. The second-order valence-electron chi connectivity index (χ2n) is 3.60. The van der Waals surface area contributed by atoms with Crippen molar-refractivity contribution in [2.45, 2.75) is 45.3 Å². The van der Waals surface area contributed by atoms with Gasteiger partial charge in [-0.05, 0) is 13.3 Å². The van der Waals surface area contributed by atoms with Gasteiger partial charge < -0.3 is 5.32 Å². The topological polar surface area (TPSA) is 37.8 Å². The van der Waals surface area contributed by atoms with Crippen LogP contribution in [0.25, 0.3) is 0 Å². The zero-order valence-corrected chi connectivity index (χ0v) is 9.95. The van der Waals surface area contributed by atoms with Gasteiger partial charge in [0.15, 0.2) is 0 Å². The van der Waals surface area contributed by atoms with E-state index < -0.39 is 11.2 Å². The standard InChI is InChI=1S/C9H14F3N3S/c1-3-4-5-6(2)13-8-15-14-7(16-8)9(10,11)12/h6H,3-5H2,1-2H3,(H,13,15). The number of hydrogen-bond acceptors (Lipinski definition) is 4. The third-order valence-corrected chi connectivity index (χ3v) is 2.93. The molecule has 1 aromatic rings. The second kappa shape index (κ2) is 5.47. The Kier molecular flexibility index (Phi) is 4.52. The largest absolute Gasteiger partial charge is 0.445 e. The summed E-state index contributed by atoms with van der Waals surface area (Å²) in [6, 6.07) is 0.119. The minimum atomic E-state index is -4.40. The van der Waals surface area contributed by atoms with Gasteiger partial charge in [-0.1, -0.05) is 31.1 Å². The number of unbranched alkanes of at least 4 members (excludes halogenated alkanes) is 1. The third-order valence-electron chi connectivity index (χ3n) is 2.03. The van der Waals surface area contributed by atoms with E-state index in [4.69, 9.17) is 0 Å². The van der Waals surface area contributed by atoms with Crippen LogP contribution < -0.4 is 5.32 Å². The van der Waals surface area contributed by atoms with Crippen molar-refractivity contribution < 1.29 is 13.2 Å². The van der Waals surface area contributed by atoms with Crippen LogP contribution in [0.3, 0.4) is 0 Å². The maximum absolute atomic E-state index is 12.2. The Balaban J connectivity index is 2.52. The van der Waals surface area contributed by atoms with Crippen molar-refractivity contribution in [1.29, 1.82) is 0 Å². The molecule has 1 unspecified atom stereocenters. The van der Waals surface area contributed by atoms with E-state index in [1.165, 1.54) is 0 Å². The molecule has 1 N–H and O–H groups in total. The summed E-state index contributed by atoms with van der Waals surface area (Å²) in [6.45, 7) is 3.99. The van der Waals surface area contributed by atoms with Gasteiger partial charge in [0.25, 0.3) is 0 Å². The molecule has 0 aliphatic rings. The van der Waals surface area contributed by atoms with E-state index in [0.717, 1.165) is 19.3 Å². The number of nitrogens with one attached hydrogen (secondary N) is 1. The summed E-state index contributed by atoms with van der Waals surface area (Å²) in [5.41, 5.74) is 0. The van der Waals surface area contributed by atoms with Gasteiger partial charge in [-0.3, -0.25) is 0 Å². The maximum Gasteiger partial charge on any atom is 0.445 e. The van der Waals surface area contributed by atoms with Gasteiger partial charge in [-0.2, -0.15) is 13.2 Å². The first kappa shape index (κ1) is 13.2. The number of rotatable bonds is 5. The highest BCUT2D eigenvalue weighted by Crippen LogP contribution is 2.33. The van der Waals surface area contributed by atoms with E-state index in [1.807, 2.05) is 6.92 Å². The van der Waals surface area contributed by atoms with Crippen LogP contribution in [0.4, 0.5) is 18.3 Å². The first-order valence-corrected chi connectivity index (χ1v) is 5.92. The van der Waals surface area contributed by atoms with E-state index in [2.05, 4.69) is 22.4 Å². The molecule has 0 spiro atoms. The minimum absolute atomic E-state index is 0.119. The molecule has 0 aliphatic carbocycles. The third kappa shape index (κ3) is 3.96. The Hall–Kier alpha value is -0.850. The highest BCUT2D eigenvalue weighted by molar-refractivity contribution is 7.15. The number of nitrogens with zero attached hydrogens (tertiary/aromatic N) is 2. The summed E-state index contributed by atoms with van der Waals surface area (Å²) in [7, 11) is 0. The van der Waals surface area contributed by atoms with Crippen LogP contribution >= 0.6 is 11.3 Å². The monoisotopic (exact) mass is 253 g/mol. The van der Waals surface area contributed by atoms with E-state index in [0.29, 0.717) is 11.3 Å².